The average molecular weight is 263 g/mol. The molecular formula is C16H25NO2. The summed E-state index contributed by atoms with van der Waals surface area (Å²) >= 11 is 0. The van der Waals surface area contributed by atoms with Crippen molar-refractivity contribution in [1.29, 1.82) is 0 Å². The normalized spacial score (nSPS) is 20.4. The van der Waals surface area contributed by atoms with Gasteiger partial charge in [0.25, 0.3) is 0 Å². The van der Waals surface area contributed by atoms with Crippen molar-refractivity contribution in [3.63, 3.8) is 0 Å². The topological polar surface area (TPSA) is 30.5 Å². The molecule has 0 radical (unpaired) electrons. The molecule has 1 aliphatic rings. The van der Waals surface area contributed by atoms with E-state index in [2.05, 4.69) is 43.4 Å². The molecule has 2 atom stereocenters. The molecule has 0 aliphatic carbocycles. The predicted octanol–water partition coefficient (Wildman–Crippen LogP) is 3.16. The van der Waals surface area contributed by atoms with Crippen molar-refractivity contribution in [2.75, 3.05) is 26.4 Å². The summed E-state index contributed by atoms with van der Waals surface area (Å²) in [5.41, 5.74) is 1.31. The minimum Gasteiger partial charge on any atom is -0.494 e. The highest BCUT2D eigenvalue weighted by Gasteiger charge is 2.16. The lowest BCUT2D eigenvalue weighted by atomic mass is 10.1. The predicted molar refractivity (Wildman–Crippen MR) is 77.6 cm³/mol. The number of ether oxygens (including phenoxy) is 2. The van der Waals surface area contributed by atoms with Crippen LogP contribution in [0.25, 0.3) is 0 Å². The fourth-order valence-corrected chi connectivity index (χ4v) is 2.28. The Balaban J connectivity index is 1.79. The molecule has 2 unspecified atom stereocenters. The average Bonchev–Trinajstić information content (AvgIpc) is 2.96. The molecule has 1 aromatic rings. The largest absolute Gasteiger partial charge is 0.494 e. The molecule has 106 valence electrons. The third kappa shape index (κ3) is 4.51. The standard InChI is InChI=1S/C16H25NO2/c1-3-9-19-16-6-4-15(5-7-16)13(2)17-11-14-8-10-18-12-14/h4-7,13-14,17H,3,8-12H2,1-2H3. The first-order valence-electron chi connectivity index (χ1n) is 7.33. The van der Waals surface area contributed by atoms with Crippen LogP contribution in [0.5, 0.6) is 5.75 Å². The number of hydrogen-bond acceptors (Lipinski definition) is 3. The molecule has 0 saturated carbocycles. The van der Waals surface area contributed by atoms with E-state index in [4.69, 9.17) is 9.47 Å². The van der Waals surface area contributed by atoms with Gasteiger partial charge in [0.1, 0.15) is 5.75 Å². The highest BCUT2D eigenvalue weighted by molar-refractivity contribution is 5.28. The van der Waals surface area contributed by atoms with Crippen LogP contribution < -0.4 is 10.1 Å². The van der Waals surface area contributed by atoms with Gasteiger partial charge in [0.2, 0.25) is 0 Å². The lowest BCUT2D eigenvalue weighted by Crippen LogP contribution is -2.25. The van der Waals surface area contributed by atoms with E-state index >= 15 is 0 Å². The first-order valence-corrected chi connectivity index (χ1v) is 7.33. The zero-order valence-corrected chi connectivity index (χ0v) is 12.0. The summed E-state index contributed by atoms with van der Waals surface area (Å²) in [5.74, 6) is 1.64. The van der Waals surface area contributed by atoms with E-state index in [1.165, 1.54) is 12.0 Å². The fourth-order valence-electron chi connectivity index (χ4n) is 2.28. The molecular weight excluding hydrogens is 238 g/mol. The van der Waals surface area contributed by atoms with Crippen LogP contribution >= 0.6 is 0 Å². The van der Waals surface area contributed by atoms with Crippen LogP contribution in [0.15, 0.2) is 24.3 Å². The van der Waals surface area contributed by atoms with Gasteiger partial charge in [-0.25, -0.2) is 0 Å². The Morgan fingerprint density at radius 3 is 2.79 bits per heavy atom. The van der Waals surface area contributed by atoms with Gasteiger partial charge < -0.3 is 14.8 Å². The summed E-state index contributed by atoms with van der Waals surface area (Å²) in [6, 6.07) is 8.78. The monoisotopic (exact) mass is 263 g/mol. The molecule has 1 N–H and O–H groups in total. The minimum atomic E-state index is 0.376. The Bertz CT molecular complexity index is 358. The van der Waals surface area contributed by atoms with E-state index in [0.29, 0.717) is 12.0 Å². The molecule has 2 rings (SSSR count). The maximum Gasteiger partial charge on any atom is 0.119 e. The molecule has 1 aliphatic heterocycles. The van der Waals surface area contributed by atoms with Gasteiger partial charge in [0, 0.05) is 19.2 Å². The van der Waals surface area contributed by atoms with Gasteiger partial charge in [-0.2, -0.15) is 0 Å². The SMILES string of the molecule is CCCOc1ccc(C(C)NCC2CCOC2)cc1. The van der Waals surface area contributed by atoms with Gasteiger partial charge in [-0.05, 0) is 43.4 Å². The zero-order valence-electron chi connectivity index (χ0n) is 12.0. The van der Waals surface area contributed by atoms with Crippen molar-refractivity contribution in [3.8, 4) is 5.75 Å². The highest BCUT2D eigenvalue weighted by atomic mass is 16.5. The molecule has 19 heavy (non-hydrogen) atoms. The van der Waals surface area contributed by atoms with Crippen molar-refractivity contribution in [3.05, 3.63) is 29.8 Å². The highest BCUT2D eigenvalue weighted by Crippen LogP contribution is 2.19. The zero-order chi connectivity index (χ0) is 13.5. The summed E-state index contributed by atoms with van der Waals surface area (Å²) in [4.78, 5) is 0. The second kappa shape index (κ2) is 7.51. The summed E-state index contributed by atoms with van der Waals surface area (Å²) in [6.45, 7) is 7.97. The molecule has 0 spiro atoms. The first-order chi connectivity index (χ1) is 9.29. The number of rotatable bonds is 7. The quantitative estimate of drug-likeness (QED) is 0.819. The van der Waals surface area contributed by atoms with Gasteiger partial charge in [0.05, 0.1) is 13.2 Å². The van der Waals surface area contributed by atoms with E-state index in [-0.39, 0.29) is 0 Å². The molecule has 1 heterocycles. The van der Waals surface area contributed by atoms with Crippen LogP contribution in [0, 0.1) is 5.92 Å². The first kappa shape index (κ1) is 14.4. The maximum absolute atomic E-state index is 5.59. The molecule has 0 amide bonds. The Morgan fingerprint density at radius 1 is 1.37 bits per heavy atom. The smallest absolute Gasteiger partial charge is 0.119 e. The Labute approximate surface area is 116 Å². The van der Waals surface area contributed by atoms with Crippen LogP contribution in [0.2, 0.25) is 0 Å². The van der Waals surface area contributed by atoms with Crippen molar-refractivity contribution in [2.24, 2.45) is 5.92 Å². The minimum absolute atomic E-state index is 0.376. The summed E-state index contributed by atoms with van der Waals surface area (Å²) in [5, 5.41) is 3.58. The second-order valence-electron chi connectivity index (χ2n) is 5.28. The van der Waals surface area contributed by atoms with Gasteiger partial charge in [0.15, 0.2) is 0 Å². The molecule has 1 fully saturated rings. The van der Waals surface area contributed by atoms with Crippen molar-refractivity contribution >= 4 is 0 Å². The van der Waals surface area contributed by atoms with Crippen LogP contribution in [-0.2, 0) is 4.74 Å². The van der Waals surface area contributed by atoms with E-state index in [9.17, 15) is 0 Å². The molecule has 1 saturated heterocycles. The molecule has 0 aromatic heterocycles. The summed E-state index contributed by atoms with van der Waals surface area (Å²) in [7, 11) is 0. The summed E-state index contributed by atoms with van der Waals surface area (Å²) in [6.07, 6.45) is 2.23. The molecule has 3 heteroatoms. The maximum atomic E-state index is 5.59. The summed E-state index contributed by atoms with van der Waals surface area (Å²) < 4.78 is 11.0. The lowest BCUT2D eigenvalue weighted by molar-refractivity contribution is 0.184. The number of nitrogens with one attached hydrogen (secondary N) is 1. The van der Waals surface area contributed by atoms with E-state index < -0.39 is 0 Å². The van der Waals surface area contributed by atoms with Crippen LogP contribution in [-0.4, -0.2) is 26.4 Å². The van der Waals surface area contributed by atoms with Crippen LogP contribution in [0.4, 0.5) is 0 Å². The Hall–Kier alpha value is -1.06. The second-order valence-corrected chi connectivity index (χ2v) is 5.28. The van der Waals surface area contributed by atoms with Gasteiger partial charge in [-0.3, -0.25) is 0 Å². The lowest BCUT2D eigenvalue weighted by Gasteiger charge is -2.17. The third-order valence-electron chi connectivity index (χ3n) is 3.59. The van der Waals surface area contributed by atoms with Crippen molar-refractivity contribution < 1.29 is 9.47 Å². The van der Waals surface area contributed by atoms with E-state index in [1.807, 2.05) is 0 Å². The van der Waals surface area contributed by atoms with Gasteiger partial charge in [-0.1, -0.05) is 19.1 Å². The van der Waals surface area contributed by atoms with Gasteiger partial charge in [-0.15, -0.1) is 0 Å². The number of benzene rings is 1. The fraction of sp³-hybridized carbons (Fsp3) is 0.625. The van der Waals surface area contributed by atoms with Gasteiger partial charge >= 0.3 is 0 Å². The van der Waals surface area contributed by atoms with Crippen molar-refractivity contribution in [2.45, 2.75) is 32.7 Å². The Morgan fingerprint density at radius 2 is 2.16 bits per heavy atom. The third-order valence-corrected chi connectivity index (χ3v) is 3.59. The molecule has 1 aromatic carbocycles. The van der Waals surface area contributed by atoms with Crippen molar-refractivity contribution in [1.82, 2.24) is 5.32 Å². The van der Waals surface area contributed by atoms with Crippen LogP contribution in [0.3, 0.4) is 0 Å². The van der Waals surface area contributed by atoms with E-state index in [0.717, 1.165) is 38.5 Å². The number of hydrogen-bond donors (Lipinski definition) is 1. The van der Waals surface area contributed by atoms with E-state index in [1.54, 1.807) is 0 Å². The van der Waals surface area contributed by atoms with Crippen LogP contribution in [0.1, 0.15) is 38.3 Å². The molecule has 0 bridgehead atoms. The Kier molecular flexibility index (Phi) is 5.67. The molecule has 3 nitrogen and oxygen atoms in total.